The van der Waals surface area contributed by atoms with Gasteiger partial charge in [0.25, 0.3) is 5.91 Å². The van der Waals surface area contributed by atoms with Gasteiger partial charge in [0.2, 0.25) is 6.79 Å². The lowest BCUT2D eigenvalue weighted by molar-refractivity contribution is -0.135. The number of ether oxygens (including phenoxy) is 3. The van der Waals surface area contributed by atoms with Crippen LogP contribution in [0.3, 0.4) is 0 Å². The normalized spacial score (nSPS) is 12.0. The second-order valence-corrected chi connectivity index (χ2v) is 6.85. The molecule has 0 saturated carbocycles. The molecule has 0 saturated heterocycles. The molecule has 0 atom stereocenters. The van der Waals surface area contributed by atoms with Crippen molar-refractivity contribution in [3.05, 3.63) is 46.3 Å². The van der Waals surface area contributed by atoms with Crippen LogP contribution >= 0.6 is 0 Å². The lowest BCUT2D eigenvalue weighted by Crippen LogP contribution is -2.34. The zero-order valence-electron chi connectivity index (χ0n) is 17.0. The van der Waals surface area contributed by atoms with Crippen molar-refractivity contribution in [3.63, 3.8) is 0 Å². The Kier molecular flexibility index (Phi) is 5.91. The Bertz CT molecular complexity index is 962. The molecule has 1 aliphatic heterocycles. The SMILES string of the molecule is CCN(Cc1ccc2c(c1)OCO2)C(=O)COC(=O)c1[nH]c(C)c(C(C)=O)c1C. The Balaban J connectivity index is 1.62. The molecule has 1 aromatic heterocycles. The van der Waals surface area contributed by atoms with Gasteiger partial charge in [-0.2, -0.15) is 0 Å². The molecule has 0 radical (unpaired) electrons. The van der Waals surface area contributed by atoms with E-state index in [0.29, 0.717) is 41.4 Å². The topological polar surface area (TPSA) is 97.9 Å². The highest BCUT2D eigenvalue weighted by Gasteiger charge is 2.23. The number of H-pyrrole nitrogens is 1. The first-order valence-electron chi connectivity index (χ1n) is 9.35. The lowest BCUT2D eigenvalue weighted by atomic mass is 10.1. The van der Waals surface area contributed by atoms with Crippen LogP contribution in [0, 0.1) is 13.8 Å². The van der Waals surface area contributed by atoms with Gasteiger partial charge in [-0.1, -0.05) is 6.07 Å². The maximum atomic E-state index is 12.5. The van der Waals surface area contributed by atoms with E-state index in [1.54, 1.807) is 24.8 Å². The number of rotatable bonds is 7. The van der Waals surface area contributed by atoms with E-state index in [2.05, 4.69) is 4.98 Å². The molecule has 1 aromatic carbocycles. The Morgan fingerprint density at radius 2 is 1.90 bits per heavy atom. The molecule has 2 heterocycles. The number of esters is 1. The Morgan fingerprint density at radius 1 is 1.17 bits per heavy atom. The highest BCUT2D eigenvalue weighted by Crippen LogP contribution is 2.32. The maximum Gasteiger partial charge on any atom is 0.355 e. The minimum Gasteiger partial charge on any atom is -0.454 e. The Hall–Kier alpha value is -3.29. The van der Waals surface area contributed by atoms with E-state index in [-0.39, 0.29) is 30.8 Å². The van der Waals surface area contributed by atoms with E-state index in [1.807, 2.05) is 19.1 Å². The summed E-state index contributed by atoms with van der Waals surface area (Å²) in [7, 11) is 0. The van der Waals surface area contributed by atoms with Crippen LogP contribution < -0.4 is 9.47 Å². The van der Waals surface area contributed by atoms with Crippen molar-refractivity contribution in [3.8, 4) is 11.5 Å². The van der Waals surface area contributed by atoms with Crippen LogP contribution in [0.25, 0.3) is 0 Å². The number of hydrogen-bond acceptors (Lipinski definition) is 6. The monoisotopic (exact) mass is 400 g/mol. The summed E-state index contributed by atoms with van der Waals surface area (Å²) < 4.78 is 15.8. The van der Waals surface area contributed by atoms with Gasteiger partial charge < -0.3 is 24.1 Å². The lowest BCUT2D eigenvalue weighted by Gasteiger charge is -2.21. The number of nitrogens with one attached hydrogen (secondary N) is 1. The van der Waals surface area contributed by atoms with Gasteiger partial charge in [-0.15, -0.1) is 0 Å². The van der Waals surface area contributed by atoms with Gasteiger partial charge in [0.15, 0.2) is 23.9 Å². The molecule has 29 heavy (non-hydrogen) atoms. The first-order chi connectivity index (χ1) is 13.8. The number of Topliss-reactive ketones (excluding diaryl/α,β-unsaturated/α-hetero) is 1. The molecule has 0 bridgehead atoms. The third-order valence-electron chi connectivity index (χ3n) is 4.87. The van der Waals surface area contributed by atoms with Crippen LogP contribution in [0.1, 0.15) is 51.5 Å². The fourth-order valence-corrected chi connectivity index (χ4v) is 3.41. The van der Waals surface area contributed by atoms with Crippen molar-refractivity contribution in [2.75, 3.05) is 19.9 Å². The Labute approximate surface area is 168 Å². The van der Waals surface area contributed by atoms with Crippen LogP contribution in [-0.2, 0) is 16.1 Å². The molecular formula is C21H24N2O6. The molecule has 0 spiro atoms. The second-order valence-electron chi connectivity index (χ2n) is 6.85. The van der Waals surface area contributed by atoms with Gasteiger partial charge in [0.1, 0.15) is 5.69 Å². The number of fused-ring (bicyclic) bond motifs is 1. The van der Waals surface area contributed by atoms with E-state index in [4.69, 9.17) is 14.2 Å². The Morgan fingerprint density at radius 3 is 2.55 bits per heavy atom. The molecule has 0 fully saturated rings. The molecule has 1 amide bonds. The van der Waals surface area contributed by atoms with Gasteiger partial charge in [-0.05, 0) is 51.0 Å². The number of likely N-dealkylation sites (N-methyl/N-ethyl adjacent to an activating group) is 1. The highest BCUT2D eigenvalue weighted by atomic mass is 16.7. The summed E-state index contributed by atoms with van der Waals surface area (Å²) in [4.78, 5) is 41.1. The highest BCUT2D eigenvalue weighted by molar-refractivity contribution is 6.01. The fraction of sp³-hybridized carbons (Fsp3) is 0.381. The molecule has 154 valence electrons. The summed E-state index contributed by atoms with van der Waals surface area (Å²) in [6.07, 6.45) is 0. The first kappa shape index (κ1) is 20.4. The molecule has 2 aromatic rings. The fourth-order valence-electron chi connectivity index (χ4n) is 3.41. The van der Waals surface area contributed by atoms with Crippen molar-refractivity contribution < 1.29 is 28.6 Å². The van der Waals surface area contributed by atoms with Crippen molar-refractivity contribution in [1.29, 1.82) is 0 Å². The van der Waals surface area contributed by atoms with E-state index in [1.165, 1.54) is 6.92 Å². The summed E-state index contributed by atoms with van der Waals surface area (Å²) >= 11 is 0. The summed E-state index contributed by atoms with van der Waals surface area (Å²) in [5.74, 6) is 0.221. The average molecular weight is 400 g/mol. The number of hydrogen-bond donors (Lipinski definition) is 1. The van der Waals surface area contributed by atoms with Crippen molar-refractivity contribution in [2.24, 2.45) is 0 Å². The van der Waals surface area contributed by atoms with E-state index in [0.717, 1.165) is 5.56 Å². The molecule has 1 N–H and O–H groups in total. The summed E-state index contributed by atoms with van der Waals surface area (Å²) in [5.41, 5.74) is 2.68. The molecule has 8 heteroatoms. The van der Waals surface area contributed by atoms with Crippen molar-refractivity contribution >= 4 is 17.7 Å². The maximum absolute atomic E-state index is 12.5. The van der Waals surface area contributed by atoms with E-state index in [9.17, 15) is 14.4 Å². The minimum atomic E-state index is -0.661. The standard InChI is InChI=1S/C21H24N2O6/c1-5-23(9-15-6-7-16-17(8-15)29-11-28-16)18(25)10-27-21(26)20-12(2)19(14(4)24)13(3)22-20/h6-8,22H,5,9-11H2,1-4H3. The van der Waals surface area contributed by atoms with Crippen LogP contribution in [0.2, 0.25) is 0 Å². The summed E-state index contributed by atoms with van der Waals surface area (Å²) in [5, 5.41) is 0. The quantitative estimate of drug-likeness (QED) is 0.567. The van der Waals surface area contributed by atoms with Gasteiger partial charge in [0, 0.05) is 24.3 Å². The molecule has 3 rings (SSSR count). The van der Waals surface area contributed by atoms with Crippen LogP contribution in [0.15, 0.2) is 18.2 Å². The van der Waals surface area contributed by atoms with Gasteiger partial charge in [-0.3, -0.25) is 9.59 Å². The number of ketones is 1. The van der Waals surface area contributed by atoms with E-state index >= 15 is 0 Å². The third-order valence-corrected chi connectivity index (χ3v) is 4.87. The van der Waals surface area contributed by atoms with E-state index < -0.39 is 5.97 Å². The zero-order valence-corrected chi connectivity index (χ0v) is 17.0. The van der Waals surface area contributed by atoms with Crippen molar-refractivity contribution in [1.82, 2.24) is 9.88 Å². The van der Waals surface area contributed by atoms with Gasteiger partial charge in [-0.25, -0.2) is 4.79 Å². The van der Waals surface area contributed by atoms with Crippen LogP contribution in [0.5, 0.6) is 11.5 Å². The predicted octanol–water partition coefficient (Wildman–Crippen LogP) is 2.77. The zero-order chi connectivity index (χ0) is 21.1. The number of nitrogens with zero attached hydrogens (tertiary/aromatic N) is 1. The molecule has 0 unspecified atom stereocenters. The van der Waals surface area contributed by atoms with Crippen LogP contribution in [-0.4, -0.2) is 47.5 Å². The molecular weight excluding hydrogens is 376 g/mol. The number of aryl methyl sites for hydroxylation is 1. The van der Waals surface area contributed by atoms with Crippen LogP contribution in [0.4, 0.5) is 0 Å². The number of amides is 1. The molecule has 1 aliphatic rings. The largest absolute Gasteiger partial charge is 0.454 e. The predicted molar refractivity (Wildman–Crippen MR) is 104 cm³/mol. The van der Waals surface area contributed by atoms with Gasteiger partial charge in [0.05, 0.1) is 0 Å². The third kappa shape index (κ3) is 4.26. The number of carbonyl (C=O) groups excluding carboxylic acids is 3. The number of aromatic amines is 1. The second kappa shape index (κ2) is 8.38. The average Bonchev–Trinajstić information content (AvgIpc) is 3.27. The number of aromatic nitrogens is 1. The van der Waals surface area contributed by atoms with Gasteiger partial charge >= 0.3 is 5.97 Å². The van der Waals surface area contributed by atoms with Crippen molar-refractivity contribution in [2.45, 2.75) is 34.2 Å². The summed E-state index contributed by atoms with van der Waals surface area (Å²) in [6, 6.07) is 5.50. The number of benzene rings is 1. The molecule has 8 nitrogen and oxygen atoms in total. The minimum absolute atomic E-state index is 0.132. The summed E-state index contributed by atoms with van der Waals surface area (Å²) in [6.45, 7) is 7.31. The number of carbonyl (C=O) groups is 3. The first-order valence-corrected chi connectivity index (χ1v) is 9.35. The smallest absolute Gasteiger partial charge is 0.355 e. The molecule has 0 aliphatic carbocycles.